The molecule has 1 aliphatic rings. The van der Waals surface area contributed by atoms with Gasteiger partial charge in [0.25, 0.3) is 23.6 Å². The fourth-order valence-corrected chi connectivity index (χ4v) is 3.73. The molecule has 1 aromatic heterocycles. The zero-order valence-electron chi connectivity index (χ0n) is 18.9. The predicted octanol–water partition coefficient (Wildman–Crippen LogP) is 3.52. The summed E-state index contributed by atoms with van der Waals surface area (Å²) in [7, 11) is 0. The van der Waals surface area contributed by atoms with Gasteiger partial charge in [0.15, 0.2) is 0 Å². The highest BCUT2D eigenvalue weighted by atomic mass is 16.2. The second-order valence-electron chi connectivity index (χ2n) is 8.41. The summed E-state index contributed by atoms with van der Waals surface area (Å²) in [5, 5.41) is 5.65. The summed E-state index contributed by atoms with van der Waals surface area (Å²) in [5.74, 6) is -1.28. The number of aromatic nitrogens is 1. The first-order chi connectivity index (χ1) is 16.3. The molecule has 2 heterocycles. The van der Waals surface area contributed by atoms with Crippen LogP contribution in [-0.2, 0) is 6.54 Å². The molecule has 0 spiro atoms. The zero-order chi connectivity index (χ0) is 24.2. The Hall–Kier alpha value is -4.33. The summed E-state index contributed by atoms with van der Waals surface area (Å²) < 4.78 is 0. The van der Waals surface area contributed by atoms with Gasteiger partial charge in [0.1, 0.15) is 0 Å². The van der Waals surface area contributed by atoms with Gasteiger partial charge in [-0.1, -0.05) is 32.0 Å². The second kappa shape index (κ2) is 9.66. The molecule has 2 aromatic carbocycles. The van der Waals surface area contributed by atoms with Gasteiger partial charge in [-0.15, -0.1) is 0 Å². The van der Waals surface area contributed by atoms with E-state index in [2.05, 4.69) is 15.6 Å². The fraction of sp³-hybridized carbons (Fsp3) is 0.192. The van der Waals surface area contributed by atoms with Crippen LogP contribution in [0.1, 0.15) is 60.8 Å². The maximum absolute atomic E-state index is 13.0. The number of imide groups is 1. The van der Waals surface area contributed by atoms with Gasteiger partial charge in [-0.3, -0.25) is 29.1 Å². The van der Waals surface area contributed by atoms with E-state index in [1.807, 2.05) is 19.9 Å². The van der Waals surface area contributed by atoms with Crippen molar-refractivity contribution in [3.63, 3.8) is 0 Å². The molecule has 3 aromatic rings. The molecule has 8 nitrogen and oxygen atoms in total. The topological polar surface area (TPSA) is 108 Å². The number of hydrogen-bond acceptors (Lipinski definition) is 5. The lowest BCUT2D eigenvalue weighted by atomic mass is 10.0. The summed E-state index contributed by atoms with van der Waals surface area (Å²) in [4.78, 5) is 55.7. The summed E-state index contributed by atoms with van der Waals surface area (Å²) >= 11 is 0. The third-order valence-electron chi connectivity index (χ3n) is 5.41. The van der Waals surface area contributed by atoms with E-state index in [1.165, 1.54) is 29.3 Å². The monoisotopic (exact) mass is 456 g/mol. The van der Waals surface area contributed by atoms with Gasteiger partial charge >= 0.3 is 0 Å². The Morgan fingerprint density at radius 1 is 0.912 bits per heavy atom. The second-order valence-corrected chi connectivity index (χ2v) is 8.41. The smallest absolute Gasteiger partial charge is 0.261 e. The van der Waals surface area contributed by atoms with Crippen LogP contribution >= 0.6 is 0 Å². The first-order valence-corrected chi connectivity index (χ1v) is 10.9. The van der Waals surface area contributed by atoms with Gasteiger partial charge in [0.2, 0.25) is 0 Å². The molecule has 4 rings (SSSR count). The van der Waals surface area contributed by atoms with Crippen LogP contribution in [0.25, 0.3) is 0 Å². The van der Waals surface area contributed by atoms with Crippen LogP contribution in [0.5, 0.6) is 0 Å². The number of anilines is 1. The minimum Gasteiger partial charge on any atom is -0.348 e. The summed E-state index contributed by atoms with van der Waals surface area (Å²) in [6.07, 6.45) is 3.07. The Labute approximate surface area is 197 Å². The number of pyridine rings is 1. The fourth-order valence-electron chi connectivity index (χ4n) is 3.73. The van der Waals surface area contributed by atoms with Crippen LogP contribution in [0.3, 0.4) is 0 Å². The maximum Gasteiger partial charge on any atom is 0.261 e. The van der Waals surface area contributed by atoms with E-state index in [-0.39, 0.29) is 41.3 Å². The molecular formula is C26H24N4O4. The van der Waals surface area contributed by atoms with Crippen molar-refractivity contribution in [2.24, 2.45) is 5.92 Å². The molecule has 34 heavy (non-hydrogen) atoms. The van der Waals surface area contributed by atoms with E-state index in [9.17, 15) is 19.2 Å². The highest BCUT2D eigenvalue weighted by Crippen LogP contribution is 2.25. The lowest BCUT2D eigenvalue weighted by molar-refractivity contribution is 0.0635. The molecule has 172 valence electrons. The van der Waals surface area contributed by atoms with Crippen molar-refractivity contribution in [2.45, 2.75) is 20.4 Å². The van der Waals surface area contributed by atoms with Crippen LogP contribution in [0.2, 0.25) is 0 Å². The van der Waals surface area contributed by atoms with Crippen LogP contribution in [-0.4, -0.2) is 40.1 Å². The molecular weight excluding hydrogens is 432 g/mol. The van der Waals surface area contributed by atoms with Crippen molar-refractivity contribution >= 4 is 29.3 Å². The lowest BCUT2D eigenvalue weighted by Crippen LogP contribution is -2.33. The summed E-state index contributed by atoms with van der Waals surface area (Å²) in [6.45, 7) is 4.38. The highest BCUT2D eigenvalue weighted by molar-refractivity contribution is 6.22. The first-order valence-electron chi connectivity index (χ1n) is 10.9. The van der Waals surface area contributed by atoms with E-state index in [0.29, 0.717) is 28.9 Å². The average molecular weight is 457 g/mol. The largest absolute Gasteiger partial charge is 0.348 e. The van der Waals surface area contributed by atoms with Crippen LogP contribution in [0.4, 0.5) is 5.69 Å². The molecule has 0 radical (unpaired) electrons. The average Bonchev–Trinajstić information content (AvgIpc) is 3.07. The number of carbonyl (C=O) groups is 4. The van der Waals surface area contributed by atoms with Gasteiger partial charge in [0.05, 0.1) is 16.7 Å². The van der Waals surface area contributed by atoms with Gasteiger partial charge in [0, 0.05) is 36.7 Å². The number of hydrogen-bond donors (Lipinski definition) is 2. The molecule has 8 heteroatoms. The predicted molar refractivity (Wildman–Crippen MR) is 126 cm³/mol. The third kappa shape index (κ3) is 4.71. The Morgan fingerprint density at radius 2 is 1.68 bits per heavy atom. The zero-order valence-corrected chi connectivity index (χ0v) is 18.9. The first kappa shape index (κ1) is 22.8. The molecule has 2 N–H and O–H groups in total. The van der Waals surface area contributed by atoms with Gasteiger partial charge in [-0.05, 0) is 47.9 Å². The minimum absolute atomic E-state index is 0.139. The Bertz CT molecular complexity index is 1270. The molecule has 0 atom stereocenters. The van der Waals surface area contributed by atoms with E-state index in [4.69, 9.17) is 0 Å². The highest BCUT2D eigenvalue weighted by Gasteiger charge is 2.36. The Kier molecular flexibility index (Phi) is 6.49. The number of carbonyl (C=O) groups excluding carboxylic acids is 4. The van der Waals surface area contributed by atoms with E-state index >= 15 is 0 Å². The lowest BCUT2D eigenvalue weighted by Gasteiger charge is -2.15. The van der Waals surface area contributed by atoms with Crippen molar-refractivity contribution in [1.29, 1.82) is 0 Å². The number of nitrogens with one attached hydrogen (secondary N) is 2. The van der Waals surface area contributed by atoms with Crippen LogP contribution < -0.4 is 10.6 Å². The summed E-state index contributed by atoms with van der Waals surface area (Å²) in [5.41, 5.74) is 2.48. The number of para-hydroxylation sites is 1. The van der Waals surface area contributed by atoms with E-state index in [1.54, 1.807) is 36.5 Å². The van der Waals surface area contributed by atoms with Crippen LogP contribution in [0.15, 0.2) is 67.0 Å². The Balaban J connectivity index is 1.48. The molecule has 1 aliphatic heterocycles. The Morgan fingerprint density at radius 3 is 2.41 bits per heavy atom. The van der Waals surface area contributed by atoms with Gasteiger partial charge in [-0.25, -0.2) is 0 Å². The number of benzene rings is 2. The number of rotatable bonds is 7. The minimum atomic E-state index is -0.420. The number of nitrogens with zero attached hydrogens (tertiary/aromatic N) is 2. The molecule has 4 amide bonds. The van der Waals surface area contributed by atoms with E-state index < -0.39 is 5.91 Å². The molecule has 0 saturated heterocycles. The molecule has 0 fully saturated rings. The summed E-state index contributed by atoms with van der Waals surface area (Å²) in [6, 6.07) is 15.0. The maximum atomic E-state index is 13.0. The van der Waals surface area contributed by atoms with Crippen LogP contribution in [0, 0.1) is 5.92 Å². The quantitative estimate of drug-likeness (QED) is 0.529. The standard InChI is InChI=1S/C26H24N4O4/c1-16(2)15-30-25(33)20-10-9-17(12-21(20)26(30)34)24(32)29-22-8-4-3-6-18(22)14-28-23(31)19-7-5-11-27-13-19/h3-13,16H,14-15H2,1-2H3,(H,28,31)(H,29,32). The molecule has 0 aliphatic carbocycles. The van der Waals surface area contributed by atoms with Gasteiger partial charge in [-0.2, -0.15) is 0 Å². The molecule has 0 unspecified atom stereocenters. The van der Waals surface area contributed by atoms with Crippen molar-refractivity contribution in [3.05, 3.63) is 94.8 Å². The van der Waals surface area contributed by atoms with Crippen molar-refractivity contribution in [3.8, 4) is 0 Å². The van der Waals surface area contributed by atoms with E-state index in [0.717, 1.165) is 0 Å². The van der Waals surface area contributed by atoms with Crippen molar-refractivity contribution in [1.82, 2.24) is 15.2 Å². The number of amides is 4. The third-order valence-corrected chi connectivity index (χ3v) is 5.41. The van der Waals surface area contributed by atoms with Crippen molar-refractivity contribution < 1.29 is 19.2 Å². The number of fused-ring (bicyclic) bond motifs is 1. The SMILES string of the molecule is CC(C)CN1C(=O)c2ccc(C(=O)Nc3ccccc3CNC(=O)c3cccnc3)cc2C1=O. The van der Waals surface area contributed by atoms with Crippen molar-refractivity contribution in [2.75, 3.05) is 11.9 Å². The molecule has 0 saturated carbocycles. The van der Waals surface area contributed by atoms with Gasteiger partial charge < -0.3 is 10.6 Å². The molecule has 0 bridgehead atoms. The normalized spacial score (nSPS) is 12.6.